The topological polar surface area (TPSA) is 55.8 Å². The van der Waals surface area contributed by atoms with E-state index >= 15 is 0 Å². The molecule has 100 valence electrons. The second-order valence-corrected chi connectivity index (χ2v) is 5.05. The molecule has 0 aromatic heterocycles. The Kier molecular flexibility index (Phi) is 4.46. The summed E-state index contributed by atoms with van der Waals surface area (Å²) < 4.78 is 10.4. The van der Waals surface area contributed by atoms with Crippen LogP contribution in [0.2, 0.25) is 5.02 Å². The van der Waals surface area contributed by atoms with Crippen molar-refractivity contribution in [2.75, 3.05) is 14.2 Å². The smallest absolute Gasteiger partial charge is 0.304 e. The van der Waals surface area contributed by atoms with Crippen LogP contribution in [0.4, 0.5) is 0 Å². The van der Waals surface area contributed by atoms with Crippen LogP contribution in [0.3, 0.4) is 0 Å². The fourth-order valence-electron chi connectivity index (χ4n) is 1.96. The van der Waals surface area contributed by atoms with Gasteiger partial charge in [-0.3, -0.25) is 4.79 Å². The highest BCUT2D eigenvalue weighted by atomic mass is 35.5. The maximum atomic E-state index is 10.9. The molecule has 0 atom stereocenters. The van der Waals surface area contributed by atoms with E-state index in [1.807, 2.05) is 13.8 Å². The van der Waals surface area contributed by atoms with Crippen LogP contribution >= 0.6 is 11.6 Å². The Balaban J connectivity index is 3.34. The average molecular weight is 273 g/mol. The van der Waals surface area contributed by atoms with Gasteiger partial charge in [-0.2, -0.15) is 0 Å². The van der Waals surface area contributed by atoms with Gasteiger partial charge in [-0.25, -0.2) is 0 Å². The third kappa shape index (κ3) is 3.07. The molecule has 0 fully saturated rings. The molecule has 1 N–H and O–H groups in total. The summed E-state index contributed by atoms with van der Waals surface area (Å²) in [6.07, 6.45) is -0.0323. The highest BCUT2D eigenvalue weighted by molar-refractivity contribution is 6.31. The number of halogens is 1. The molecule has 1 aromatic carbocycles. The van der Waals surface area contributed by atoms with Crippen molar-refractivity contribution in [3.8, 4) is 11.5 Å². The van der Waals surface area contributed by atoms with Crippen LogP contribution in [0.5, 0.6) is 11.5 Å². The number of benzene rings is 1. The summed E-state index contributed by atoms with van der Waals surface area (Å²) in [6.45, 7) is 3.63. The lowest BCUT2D eigenvalue weighted by Crippen LogP contribution is -2.23. The average Bonchev–Trinajstić information content (AvgIpc) is 2.25. The van der Waals surface area contributed by atoms with Crippen molar-refractivity contribution in [3.63, 3.8) is 0 Å². The molecule has 0 radical (unpaired) electrons. The summed E-state index contributed by atoms with van der Waals surface area (Å²) in [5.74, 6) is 0.228. The van der Waals surface area contributed by atoms with Gasteiger partial charge in [-0.05, 0) is 6.07 Å². The number of ether oxygens (including phenoxy) is 2. The molecular weight excluding hydrogens is 256 g/mol. The van der Waals surface area contributed by atoms with E-state index in [-0.39, 0.29) is 6.42 Å². The van der Waals surface area contributed by atoms with Gasteiger partial charge < -0.3 is 14.6 Å². The lowest BCUT2D eigenvalue weighted by Gasteiger charge is -2.26. The second-order valence-electron chi connectivity index (χ2n) is 4.64. The molecular formula is C13H17ClO4. The number of hydrogen-bond donors (Lipinski definition) is 1. The second kappa shape index (κ2) is 5.48. The zero-order chi connectivity index (χ0) is 13.9. The summed E-state index contributed by atoms with van der Waals surface area (Å²) in [5, 5.41) is 9.40. The molecule has 18 heavy (non-hydrogen) atoms. The van der Waals surface area contributed by atoms with E-state index in [2.05, 4.69) is 0 Å². The SMILES string of the molecule is COc1cc(Cl)c(C(C)(C)CC(=O)O)c(OC)c1. The van der Waals surface area contributed by atoms with Gasteiger partial charge in [-0.15, -0.1) is 0 Å². The molecule has 0 aliphatic carbocycles. The van der Waals surface area contributed by atoms with E-state index in [1.54, 1.807) is 12.1 Å². The first kappa shape index (κ1) is 14.6. The van der Waals surface area contributed by atoms with Crippen molar-refractivity contribution in [1.29, 1.82) is 0 Å². The molecule has 0 aliphatic heterocycles. The maximum absolute atomic E-state index is 10.9. The molecule has 0 bridgehead atoms. The lowest BCUT2D eigenvalue weighted by molar-refractivity contribution is -0.138. The van der Waals surface area contributed by atoms with Crippen molar-refractivity contribution in [3.05, 3.63) is 22.7 Å². The van der Waals surface area contributed by atoms with Gasteiger partial charge in [0.25, 0.3) is 0 Å². The quantitative estimate of drug-likeness (QED) is 0.895. The van der Waals surface area contributed by atoms with Gasteiger partial charge in [0.1, 0.15) is 11.5 Å². The van der Waals surface area contributed by atoms with Crippen LogP contribution in [-0.4, -0.2) is 25.3 Å². The minimum absolute atomic E-state index is 0.0323. The van der Waals surface area contributed by atoms with Crippen LogP contribution in [0.15, 0.2) is 12.1 Å². The third-order valence-corrected chi connectivity index (χ3v) is 3.05. The lowest BCUT2D eigenvalue weighted by atomic mass is 9.81. The first-order valence-corrected chi connectivity index (χ1v) is 5.83. The Morgan fingerprint density at radius 3 is 2.39 bits per heavy atom. The normalized spacial score (nSPS) is 11.2. The van der Waals surface area contributed by atoms with E-state index in [4.69, 9.17) is 26.2 Å². The van der Waals surface area contributed by atoms with E-state index in [0.29, 0.717) is 22.1 Å². The van der Waals surface area contributed by atoms with Crippen molar-refractivity contribution < 1.29 is 19.4 Å². The summed E-state index contributed by atoms with van der Waals surface area (Å²) >= 11 is 6.21. The molecule has 0 heterocycles. The first-order chi connectivity index (χ1) is 8.31. The van der Waals surface area contributed by atoms with Crippen molar-refractivity contribution in [1.82, 2.24) is 0 Å². The number of aliphatic carboxylic acids is 1. The van der Waals surface area contributed by atoms with Crippen LogP contribution in [0.1, 0.15) is 25.8 Å². The van der Waals surface area contributed by atoms with Gasteiger partial charge in [0.15, 0.2) is 0 Å². The molecule has 4 nitrogen and oxygen atoms in total. The van der Waals surface area contributed by atoms with Crippen LogP contribution in [-0.2, 0) is 10.2 Å². The zero-order valence-corrected chi connectivity index (χ0v) is 11.7. The van der Waals surface area contributed by atoms with E-state index in [1.165, 1.54) is 14.2 Å². The van der Waals surface area contributed by atoms with E-state index in [0.717, 1.165) is 0 Å². The molecule has 5 heteroatoms. The molecule has 0 unspecified atom stereocenters. The van der Waals surface area contributed by atoms with Crippen molar-refractivity contribution in [2.24, 2.45) is 0 Å². The maximum Gasteiger partial charge on any atom is 0.304 e. The van der Waals surface area contributed by atoms with Gasteiger partial charge >= 0.3 is 5.97 Å². The van der Waals surface area contributed by atoms with E-state index < -0.39 is 11.4 Å². The third-order valence-electron chi connectivity index (χ3n) is 2.75. The Hall–Kier alpha value is -1.42. The van der Waals surface area contributed by atoms with Crippen molar-refractivity contribution >= 4 is 17.6 Å². The van der Waals surface area contributed by atoms with Crippen molar-refractivity contribution in [2.45, 2.75) is 25.7 Å². The van der Waals surface area contributed by atoms with Gasteiger partial charge in [-0.1, -0.05) is 25.4 Å². The number of carboxylic acid groups (broad SMARTS) is 1. The number of methoxy groups -OCH3 is 2. The molecule has 0 aliphatic rings. The van der Waals surface area contributed by atoms with Gasteiger partial charge in [0.2, 0.25) is 0 Å². The summed E-state index contributed by atoms with van der Waals surface area (Å²) in [4.78, 5) is 10.9. The summed E-state index contributed by atoms with van der Waals surface area (Å²) in [6, 6.07) is 3.35. The molecule has 0 saturated carbocycles. The first-order valence-electron chi connectivity index (χ1n) is 5.45. The molecule has 0 saturated heterocycles. The molecule has 1 aromatic rings. The monoisotopic (exact) mass is 272 g/mol. The summed E-state index contributed by atoms with van der Waals surface area (Å²) in [5.41, 5.74) is 0.0513. The van der Waals surface area contributed by atoms with Gasteiger partial charge in [0.05, 0.1) is 25.7 Å². The highest BCUT2D eigenvalue weighted by Gasteiger charge is 2.30. The Labute approximate surface area is 111 Å². The van der Waals surface area contributed by atoms with Crippen LogP contribution in [0.25, 0.3) is 0 Å². The minimum Gasteiger partial charge on any atom is -0.497 e. The molecule has 0 spiro atoms. The number of carbonyl (C=O) groups is 1. The summed E-state index contributed by atoms with van der Waals surface area (Å²) in [7, 11) is 3.05. The van der Waals surface area contributed by atoms with E-state index in [9.17, 15) is 4.79 Å². The Bertz CT molecular complexity index is 455. The van der Waals surface area contributed by atoms with Gasteiger partial charge in [0, 0.05) is 17.0 Å². The minimum atomic E-state index is -0.881. The van der Waals surface area contributed by atoms with Crippen LogP contribution < -0.4 is 9.47 Å². The standard InChI is InChI=1S/C13H17ClO4/c1-13(2,7-11(15)16)12-9(14)5-8(17-3)6-10(12)18-4/h5-6H,7H2,1-4H3,(H,15,16). The molecule has 1 rings (SSSR count). The largest absolute Gasteiger partial charge is 0.497 e. The molecule has 0 amide bonds. The number of rotatable bonds is 5. The van der Waals surface area contributed by atoms with Crippen LogP contribution in [0, 0.1) is 0 Å². The number of carboxylic acids is 1. The zero-order valence-electron chi connectivity index (χ0n) is 10.9. The predicted molar refractivity (Wildman–Crippen MR) is 69.8 cm³/mol. The Morgan fingerprint density at radius 1 is 1.33 bits per heavy atom. The predicted octanol–water partition coefficient (Wildman–Crippen LogP) is 3.11. The highest BCUT2D eigenvalue weighted by Crippen LogP contribution is 2.41. The fourth-order valence-corrected chi connectivity index (χ4v) is 2.42. The fraction of sp³-hybridized carbons (Fsp3) is 0.462. The number of hydrogen-bond acceptors (Lipinski definition) is 3. The Morgan fingerprint density at radius 2 is 1.94 bits per heavy atom.